The van der Waals surface area contributed by atoms with E-state index in [0.29, 0.717) is 17.0 Å². The van der Waals surface area contributed by atoms with Crippen molar-refractivity contribution in [1.82, 2.24) is 19.6 Å². The molecule has 0 aliphatic rings. The highest BCUT2D eigenvalue weighted by Gasteiger charge is 2.13. The molecule has 0 radical (unpaired) electrons. The zero-order chi connectivity index (χ0) is 19.0. The molecule has 0 saturated heterocycles. The molecule has 0 spiro atoms. The molecule has 0 aliphatic heterocycles. The Labute approximate surface area is 152 Å². The summed E-state index contributed by atoms with van der Waals surface area (Å²) in [4.78, 5) is 16.6. The van der Waals surface area contributed by atoms with Crippen LogP contribution >= 0.6 is 0 Å². The number of aromatic amines is 1. The number of nitrogens with one attached hydrogen (secondary N) is 2. The van der Waals surface area contributed by atoms with Crippen LogP contribution in [0.4, 0.5) is 16.0 Å². The van der Waals surface area contributed by atoms with Crippen molar-refractivity contribution < 1.29 is 4.39 Å². The monoisotopic (exact) mass is 360 g/mol. The van der Waals surface area contributed by atoms with Gasteiger partial charge in [0, 0.05) is 17.3 Å². The third kappa shape index (κ3) is 3.02. The van der Waals surface area contributed by atoms with Gasteiger partial charge in [-0.2, -0.15) is 10.4 Å². The molecule has 0 fully saturated rings. The number of nitriles is 1. The first-order valence-corrected chi connectivity index (χ1v) is 8.07. The van der Waals surface area contributed by atoms with E-state index < -0.39 is 11.5 Å². The topological polar surface area (TPSA) is 98.9 Å². The first kappa shape index (κ1) is 16.5. The van der Waals surface area contributed by atoms with Gasteiger partial charge in [-0.3, -0.25) is 0 Å². The lowest BCUT2D eigenvalue weighted by atomic mass is 10.1. The molecule has 0 unspecified atom stereocenters. The maximum absolute atomic E-state index is 13.6. The van der Waals surface area contributed by atoms with Gasteiger partial charge in [-0.1, -0.05) is 29.8 Å². The lowest BCUT2D eigenvalue weighted by Gasteiger charge is -2.10. The molecule has 0 amide bonds. The van der Waals surface area contributed by atoms with Crippen LogP contribution in [0.2, 0.25) is 0 Å². The van der Waals surface area contributed by atoms with Gasteiger partial charge in [0.2, 0.25) is 5.95 Å². The van der Waals surface area contributed by atoms with Crippen molar-refractivity contribution in [2.24, 2.45) is 0 Å². The van der Waals surface area contributed by atoms with E-state index in [1.165, 1.54) is 22.6 Å². The summed E-state index contributed by atoms with van der Waals surface area (Å²) in [6.45, 7) is 1.99. The zero-order valence-electron chi connectivity index (χ0n) is 14.2. The minimum atomic E-state index is -0.616. The van der Waals surface area contributed by atoms with Crippen LogP contribution < -0.4 is 11.0 Å². The number of nitrogens with zero attached hydrogens (tertiary/aromatic N) is 4. The number of rotatable bonds is 3. The molecular formula is C19H13FN6O. The summed E-state index contributed by atoms with van der Waals surface area (Å²) in [5.41, 5.74) is 2.84. The van der Waals surface area contributed by atoms with Gasteiger partial charge in [-0.25, -0.2) is 23.7 Å². The molecule has 4 rings (SSSR count). The number of fused-ring (bicyclic) bond motifs is 1. The van der Waals surface area contributed by atoms with Crippen molar-refractivity contribution in [2.75, 3.05) is 5.32 Å². The molecular weight excluding hydrogens is 347 g/mol. The van der Waals surface area contributed by atoms with Gasteiger partial charge in [0.05, 0.1) is 11.3 Å². The van der Waals surface area contributed by atoms with Gasteiger partial charge in [0.25, 0.3) is 0 Å². The van der Waals surface area contributed by atoms with Crippen molar-refractivity contribution in [3.05, 3.63) is 76.0 Å². The standard InChI is InChI=1S/C19H13FN6O/c1-11-2-4-12(5-3-11)16-9-17-24-25-19(27)26(17)18(23-16)22-14-6-7-15(20)13(8-14)10-21/h2-9H,1H3,(H,22,23)(H,25,27). The fraction of sp³-hybridized carbons (Fsp3) is 0.0526. The Balaban J connectivity index is 1.86. The van der Waals surface area contributed by atoms with Crippen LogP contribution in [-0.2, 0) is 0 Å². The molecule has 0 saturated carbocycles. The number of benzene rings is 2. The molecule has 8 heteroatoms. The van der Waals surface area contributed by atoms with Gasteiger partial charge in [0.1, 0.15) is 11.9 Å². The molecule has 4 aromatic rings. The Kier molecular flexibility index (Phi) is 3.90. The normalized spacial score (nSPS) is 10.7. The summed E-state index contributed by atoms with van der Waals surface area (Å²) in [5, 5.41) is 18.4. The van der Waals surface area contributed by atoms with Crippen LogP contribution in [0.1, 0.15) is 11.1 Å². The van der Waals surface area contributed by atoms with E-state index >= 15 is 0 Å². The smallest absolute Gasteiger partial charge is 0.325 e. The van der Waals surface area contributed by atoms with E-state index in [1.807, 2.05) is 31.2 Å². The number of anilines is 2. The first-order chi connectivity index (χ1) is 13.0. The summed E-state index contributed by atoms with van der Waals surface area (Å²) >= 11 is 0. The highest BCUT2D eigenvalue weighted by atomic mass is 19.1. The van der Waals surface area contributed by atoms with E-state index in [2.05, 4.69) is 20.5 Å². The highest BCUT2D eigenvalue weighted by Crippen LogP contribution is 2.23. The highest BCUT2D eigenvalue weighted by molar-refractivity contribution is 5.68. The zero-order valence-corrected chi connectivity index (χ0v) is 14.2. The van der Waals surface area contributed by atoms with Gasteiger partial charge in [-0.05, 0) is 25.1 Å². The SMILES string of the molecule is Cc1ccc(-c2cc3n[nH]c(=O)n3c(Nc3ccc(F)c(C#N)c3)n2)cc1. The summed E-state index contributed by atoms with van der Waals surface area (Å²) in [6.07, 6.45) is 0. The molecule has 0 aliphatic carbocycles. The van der Waals surface area contributed by atoms with Crippen LogP contribution in [0, 0.1) is 24.1 Å². The van der Waals surface area contributed by atoms with Gasteiger partial charge >= 0.3 is 5.69 Å². The number of H-pyrrole nitrogens is 1. The van der Waals surface area contributed by atoms with Crippen LogP contribution in [-0.4, -0.2) is 19.6 Å². The molecule has 2 aromatic carbocycles. The summed E-state index contributed by atoms with van der Waals surface area (Å²) in [6, 6.07) is 15.3. The van der Waals surface area contributed by atoms with E-state index in [4.69, 9.17) is 5.26 Å². The number of halogens is 1. The number of aromatic nitrogens is 4. The number of hydrogen-bond donors (Lipinski definition) is 2. The van der Waals surface area contributed by atoms with E-state index in [-0.39, 0.29) is 11.5 Å². The quantitative estimate of drug-likeness (QED) is 0.585. The lowest BCUT2D eigenvalue weighted by molar-refractivity contribution is 0.624. The van der Waals surface area contributed by atoms with Gasteiger partial charge in [0.15, 0.2) is 5.65 Å². The van der Waals surface area contributed by atoms with Crippen LogP contribution in [0.15, 0.2) is 53.3 Å². The van der Waals surface area contributed by atoms with E-state index in [0.717, 1.165) is 11.1 Å². The molecule has 2 heterocycles. The minimum absolute atomic E-state index is 0.106. The minimum Gasteiger partial charge on any atom is -0.325 e. The van der Waals surface area contributed by atoms with E-state index in [1.54, 1.807) is 12.1 Å². The average Bonchev–Trinajstić information content (AvgIpc) is 3.05. The van der Waals surface area contributed by atoms with Crippen LogP contribution in [0.5, 0.6) is 0 Å². The number of aryl methyl sites for hydroxylation is 1. The fourth-order valence-electron chi connectivity index (χ4n) is 2.70. The Morgan fingerprint density at radius 3 is 2.70 bits per heavy atom. The van der Waals surface area contributed by atoms with Gasteiger partial charge in [-0.15, -0.1) is 0 Å². The summed E-state index contributed by atoms with van der Waals surface area (Å²) in [7, 11) is 0. The maximum Gasteiger partial charge on any atom is 0.350 e. The molecule has 7 nitrogen and oxygen atoms in total. The van der Waals surface area contributed by atoms with Crippen molar-refractivity contribution >= 4 is 17.3 Å². The summed E-state index contributed by atoms with van der Waals surface area (Å²) in [5.74, 6) is -0.410. The van der Waals surface area contributed by atoms with Crippen molar-refractivity contribution in [2.45, 2.75) is 6.92 Å². The molecule has 0 bridgehead atoms. The summed E-state index contributed by atoms with van der Waals surface area (Å²) < 4.78 is 14.8. The second-order valence-corrected chi connectivity index (χ2v) is 5.98. The van der Waals surface area contributed by atoms with Crippen molar-refractivity contribution in [1.29, 1.82) is 5.26 Å². The van der Waals surface area contributed by atoms with Crippen molar-refractivity contribution in [3.8, 4) is 17.3 Å². The number of hydrogen-bond acceptors (Lipinski definition) is 5. The first-order valence-electron chi connectivity index (χ1n) is 8.07. The predicted molar refractivity (Wildman–Crippen MR) is 98.2 cm³/mol. The lowest BCUT2D eigenvalue weighted by Crippen LogP contribution is -2.14. The van der Waals surface area contributed by atoms with Gasteiger partial charge < -0.3 is 5.32 Å². The fourth-order valence-corrected chi connectivity index (χ4v) is 2.70. The van der Waals surface area contributed by atoms with Crippen LogP contribution in [0.3, 0.4) is 0 Å². The maximum atomic E-state index is 13.6. The molecule has 27 heavy (non-hydrogen) atoms. The Hall–Kier alpha value is -3.99. The second-order valence-electron chi connectivity index (χ2n) is 5.98. The molecule has 0 atom stereocenters. The predicted octanol–water partition coefficient (Wildman–Crippen LogP) is 3.15. The Morgan fingerprint density at radius 2 is 1.96 bits per heavy atom. The Bertz CT molecular complexity index is 1250. The molecule has 132 valence electrons. The van der Waals surface area contributed by atoms with Crippen LogP contribution in [0.25, 0.3) is 16.9 Å². The van der Waals surface area contributed by atoms with E-state index in [9.17, 15) is 9.18 Å². The Morgan fingerprint density at radius 1 is 1.19 bits per heavy atom. The largest absolute Gasteiger partial charge is 0.350 e. The third-order valence-electron chi connectivity index (χ3n) is 4.09. The average molecular weight is 360 g/mol. The molecule has 2 N–H and O–H groups in total. The third-order valence-corrected chi connectivity index (χ3v) is 4.09. The molecule has 2 aromatic heterocycles. The second kappa shape index (κ2) is 6.38. The van der Waals surface area contributed by atoms with Crippen molar-refractivity contribution in [3.63, 3.8) is 0 Å².